The Morgan fingerprint density at radius 2 is 1.74 bits per heavy atom. The summed E-state index contributed by atoms with van der Waals surface area (Å²) in [6.07, 6.45) is 2.51. The van der Waals surface area contributed by atoms with Gasteiger partial charge in [0.2, 0.25) is 0 Å². The normalized spacial score (nSPS) is 16.6. The molecule has 1 saturated heterocycles. The van der Waals surface area contributed by atoms with Gasteiger partial charge in [-0.15, -0.1) is 0 Å². The van der Waals surface area contributed by atoms with Gasteiger partial charge in [-0.05, 0) is 55.3 Å². The third-order valence-electron chi connectivity index (χ3n) is 5.99. The van der Waals surface area contributed by atoms with Crippen molar-refractivity contribution in [3.05, 3.63) is 59.7 Å². The van der Waals surface area contributed by atoms with E-state index in [4.69, 9.17) is 9.47 Å². The molecule has 2 unspecified atom stereocenters. The number of nitrogens with zero attached hydrogens (tertiary/aromatic N) is 2. The van der Waals surface area contributed by atoms with Gasteiger partial charge in [0.05, 0.1) is 20.3 Å². The van der Waals surface area contributed by atoms with E-state index >= 15 is 0 Å². The van der Waals surface area contributed by atoms with Crippen molar-refractivity contribution in [2.75, 3.05) is 47.4 Å². The Morgan fingerprint density at radius 1 is 1.00 bits per heavy atom. The first kappa shape index (κ1) is 22.9. The van der Waals surface area contributed by atoms with Crippen LogP contribution in [0.3, 0.4) is 0 Å². The molecule has 1 aliphatic rings. The van der Waals surface area contributed by atoms with E-state index < -0.39 is 0 Å². The first-order valence-electron chi connectivity index (χ1n) is 11.1. The third kappa shape index (κ3) is 6.14. The zero-order valence-corrected chi connectivity index (χ0v) is 19.2. The summed E-state index contributed by atoms with van der Waals surface area (Å²) in [6.45, 7) is 6.01. The summed E-state index contributed by atoms with van der Waals surface area (Å²) in [7, 11) is 5.26. The fraction of sp³-hybridized carbons (Fsp3) is 0.480. The molecule has 2 atom stereocenters. The van der Waals surface area contributed by atoms with Gasteiger partial charge in [0, 0.05) is 26.1 Å². The van der Waals surface area contributed by atoms with Crippen LogP contribution in [0.5, 0.6) is 11.5 Å². The molecule has 1 aliphatic heterocycles. The molecular formula is C25H36N4O2. The van der Waals surface area contributed by atoms with Crippen LogP contribution in [-0.2, 0) is 0 Å². The lowest BCUT2D eigenvalue weighted by molar-refractivity contribution is 0.245. The van der Waals surface area contributed by atoms with Crippen LogP contribution in [0.1, 0.15) is 42.9 Å². The Morgan fingerprint density at radius 3 is 2.45 bits per heavy atom. The molecule has 0 aliphatic carbocycles. The van der Waals surface area contributed by atoms with Crippen molar-refractivity contribution in [2.45, 2.75) is 31.7 Å². The summed E-state index contributed by atoms with van der Waals surface area (Å²) in [4.78, 5) is 6.99. The van der Waals surface area contributed by atoms with E-state index in [1.807, 2.05) is 25.2 Å². The first-order chi connectivity index (χ1) is 15.2. The van der Waals surface area contributed by atoms with Gasteiger partial charge in [-0.2, -0.15) is 0 Å². The van der Waals surface area contributed by atoms with Crippen molar-refractivity contribution in [3.63, 3.8) is 0 Å². The average molecular weight is 425 g/mol. The number of ether oxygens (including phenoxy) is 2. The molecule has 0 saturated carbocycles. The summed E-state index contributed by atoms with van der Waals surface area (Å²) in [5, 5.41) is 7.02. The van der Waals surface area contributed by atoms with Crippen molar-refractivity contribution >= 4 is 5.96 Å². The SMILES string of the molecule is CN=C(NCC(C)c1ccccc1OC)NCC(c1cccc(OC)c1)N1CCCC1. The van der Waals surface area contributed by atoms with Gasteiger partial charge in [0.15, 0.2) is 5.96 Å². The topological polar surface area (TPSA) is 58.1 Å². The van der Waals surface area contributed by atoms with Gasteiger partial charge in [0.25, 0.3) is 0 Å². The quantitative estimate of drug-likeness (QED) is 0.474. The molecule has 0 spiro atoms. The molecule has 0 aromatic heterocycles. The van der Waals surface area contributed by atoms with Gasteiger partial charge in [0.1, 0.15) is 11.5 Å². The van der Waals surface area contributed by atoms with Gasteiger partial charge in [-0.1, -0.05) is 37.3 Å². The molecule has 0 bridgehead atoms. The maximum absolute atomic E-state index is 5.51. The van der Waals surface area contributed by atoms with Gasteiger partial charge in [-0.25, -0.2) is 0 Å². The fourth-order valence-corrected chi connectivity index (χ4v) is 4.21. The highest BCUT2D eigenvalue weighted by Crippen LogP contribution is 2.27. The molecule has 6 nitrogen and oxygen atoms in total. The number of hydrogen-bond donors (Lipinski definition) is 2. The molecular weight excluding hydrogens is 388 g/mol. The predicted octanol–water partition coefficient (Wildman–Crippen LogP) is 3.81. The summed E-state index contributed by atoms with van der Waals surface area (Å²) in [5.41, 5.74) is 2.46. The number of rotatable bonds is 9. The molecule has 1 fully saturated rings. The minimum atomic E-state index is 0.280. The van der Waals surface area contributed by atoms with E-state index in [-0.39, 0.29) is 6.04 Å². The number of benzene rings is 2. The summed E-state index contributed by atoms with van der Waals surface area (Å²) >= 11 is 0. The molecule has 2 aromatic carbocycles. The van der Waals surface area contributed by atoms with E-state index in [2.05, 4.69) is 57.8 Å². The van der Waals surface area contributed by atoms with E-state index in [1.165, 1.54) is 24.0 Å². The summed E-state index contributed by atoms with van der Waals surface area (Å²) < 4.78 is 11.0. The number of aliphatic imine (C=N–C) groups is 1. The highest BCUT2D eigenvalue weighted by Gasteiger charge is 2.24. The first-order valence-corrected chi connectivity index (χ1v) is 11.1. The Balaban J connectivity index is 1.62. The molecule has 31 heavy (non-hydrogen) atoms. The number of guanidine groups is 1. The van der Waals surface area contributed by atoms with Crippen molar-refractivity contribution < 1.29 is 9.47 Å². The molecule has 168 valence electrons. The highest BCUT2D eigenvalue weighted by atomic mass is 16.5. The summed E-state index contributed by atoms with van der Waals surface area (Å²) in [5.74, 6) is 2.93. The molecule has 6 heteroatoms. The minimum Gasteiger partial charge on any atom is -0.497 e. The number of likely N-dealkylation sites (tertiary alicyclic amines) is 1. The number of hydrogen-bond acceptors (Lipinski definition) is 4. The second-order valence-electron chi connectivity index (χ2n) is 8.01. The standard InChI is InChI=1S/C25H36N4O2/c1-19(22-12-5-6-13-24(22)31-4)17-27-25(26-2)28-18-23(29-14-7-8-15-29)20-10-9-11-21(16-20)30-3/h5-6,9-13,16,19,23H,7-8,14-15,17-18H2,1-4H3,(H2,26,27,28). The van der Waals surface area contributed by atoms with Crippen LogP contribution in [0.2, 0.25) is 0 Å². The van der Waals surface area contributed by atoms with Crippen LogP contribution in [0.4, 0.5) is 0 Å². The van der Waals surface area contributed by atoms with Crippen molar-refractivity contribution in [2.24, 2.45) is 4.99 Å². The van der Waals surface area contributed by atoms with Crippen LogP contribution >= 0.6 is 0 Å². The Bertz CT molecular complexity index is 849. The molecule has 0 amide bonds. The Labute approximate surface area is 186 Å². The number of methoxy groups -OCH3 is 2. The molecule has 2 N–H and O–H groups in total. The van der Waals surface area contributed by atoms with Crippen LogP contribution in [0, 0.1) is 0 Å². The van der Waals surface area contributed by atoms with Gasteiger partial charge < -0.3 is 20.1 Å². The van der Waals surface area contributed by atoms with Gasteiger partial charge >= 0.3 is 0 Å². The lowest BCUT2D eigenvalue weighted by Gasteiger charge is -2.29. The van der Waals surface area contributed by atoms with Crippen LogP contribution in [-0.4, -0.2) is 58.3 Å². The fourth-order valence-electron chi connectivity index (χ4n) is 4.21. The van der Waals surface area contributed by atoms with Crippen LogP contribution in [0.25, 0.3) is 0 Å². The van der Waals surface area contributed by atoms with Crippen LogP contribution < -0.4 is 20.1 Å². The Hall–Kier alpha value is -2.73. The molecule has 2 aromatic rings. The van der Waals surface area contributed by atoms with E-state index in [1.54, 1.807) is 14.2 Å². The predicted molar refractivity (Wildman–Crippen MR) is 127 cm³/mol. The van der Waals surface area contributed by atoms with Crippen molar-refractivity contribution in [1.82, 2.24) is 15.5 Å². The lowest BCUT2D eigenvalue weighted by atomic mass is 10.0. The zero-order valence-electron chi connectivity index (χ0n) is 19.2. The van der Waals surface area contributed by atoms with Crippen molar-refractivity contribution in [3.8, 4) is 11.5 Å². The largest absolute Gasteiger partial charge is 0.497 e. The summed E-state index contributed by atoms with van der Waals surface area (Å²) in [6, 6.07) is 16.9. The van der Waals surface area contributed by atoms with E-state index in [9.17, 15) is 0 Å². The average Bonchev–Trinajstić information content (AvgIpc) is 3.35. The van der Waals surface area contributed by atoms with E-state index in [0.717, 1.165) is 43.6 Å². The highest BCUT2D eigenvalue weighted by molar-refractivity contribution is 5.79. The Kier molecular flexibility index (Phi) is 8.59. The van der Waals surface area contributed by atoms with Gasteiger partial charge in [-0.3, -0.25) is 9.89 Å². The lowest BCUT2D eigenvalue weighted by Crippen LogP contribution is -2.43. The number of nitrogens with one attached hydrogen (secondary N) is 2. The number of para-hydroxylation sites is 1. The zero-order chi connectivity index (χ0) is 22.1. The minimum absolute atomic E-state index is 0.280. The molecule has 1 heterocycles. The maximum Gasteiger partial charge on any atom is 0.191 e. The van der Waals surface area contributed by atoms with Crippen molar-refractivity contribution in [1.29, 1.82) is 0 Å². The maximum atomic E-state index is 5.51. The van der Waals surface area contributed by atoms with E-state index in [0.29, 0.717) is 5.92 Å². The second kappa shape index (κ2) is 11.6. The smallest absolute Gasteiger partial charge is 0.191 e. The van der Waals surface area contributed by atoms with Crippen LogP contribution in [0.15, 0.2) is 53.5 Å². The molecule has 3 rings (SSSR count). The molecule has 0 radical (unpaired) electrons. The third-order valence-corrected chi connectivity index (χ3v) is 5.99. The second-order valence-corrected chi connectivity index (χ2v) is 8.01. The monoisotopic (exact) mass is 424 g/mol.